The molecule has 29 heavy (non-hydrogen) atoms. The van der Waals surface area contributed by atoms with E-state index in [-0.39, 0.29) is 36.2 Å². The summed E-state index contributed by atoms with van der Waals surface area (Å²) in [5.41, 5.74) is 3.49. The maximum absolute atomic E-state index is 15.8. The molecule has 2 saturated heterocycles. The number of fused-ring (bicyclic) bond motifs is 2. The first kappa shape index (κ1) is 20.4. The summed E-state index contributed by atoms with van der Waals surface area (Å²) in [5, 5.41) is 0. The van der Waals surface area contributed by atoms with E-state index in [4.69, 9.17) is 28.8 Å². The van der Waals surface area contributed by atoms with E-state index in [0.717, 1.165) is 11.5 Å². The molecular weight excluding hydrogens is 415 g/mol. The summed E-state index contributed by atoms with van der Waals surface area (Å²) in [6, 6.07) is 0. The van der Waals surface area contributed by atoms with Gasteiger partial charge in [-0.15, -0.1) is 0 Å². The van der Waals surface area contributed by atoms with Gasteiger partial charge in [-0.05, 0) is 20.8 Å². The van der Waals surface area contributed by atoms with Crippen molar-refractivity contribution in [3.8, 4) is 5.88 Å². The fourth-order valence-electron chi connectivity index (χ4n) is 3.40. The number of rotatable bonds is 5. The van der Waals surface area contributed by atoms with Crippen molar-refractivity contribution in [1.29, 1.82) is 0 Å². The monoisotopic (exact) mass is 435 g/mol. The molecule has 160 valence electrons. The van der Waals surface area contributed by atoms with Crippen LogP contribution in [0.4, 0.5) is 14.7 Å². The Morgan fingerprint density at radius 1 is 1.38 bits per heavy atom. The number of imidazole rings is 1. The number of halogens is 2. The molecule has 5 atom stereocenters. The van der Waals surface area contributed by atoms with Crippen LogP contribution in [0.15, 0.2) is 6.33 Å². The Kier molecular flexibility index (Phi) is 4.78. The molecule has 0 saturated carbocycles. The molecule has 2 aliphatic heterocycles. The smallest absolute Gasteiger partial charge is 0.475 e. The van der Waals surface area contributed by atoms with Crippen molar-refractivity contribution in [3.05, 3.63) is 6.33 Å². The number of hydrogen-bond acceptors (Lipinski definition) is 10. The highest BCUT2D eigenvalue weighted by atomic mass is 31.2. The molecule has 4 heterocycles. The van der Waals surface area contributed by atoms with Crippen LogP contribution in [0.1, 0.15) is 27.0 Å². The Bertz CT molecular complexity index is 990. The maximum atomic E-state index is 15.8. The van der Waals surface area contributed by atoms with Crippen LogP contribution in [0, 0.1) is 0 Å². The fraction of sp³-hybridized carbons (Fsp3) is 0.667. The van der Waals surface area contributed by atoms with E-state index < -0.39 is 38.3 Å². The van der Waals surface area contributed by atoms with E-state index in [1.807, 2.05) is 0 Å². The molecule has 2 aromatic heterocycles. The lowest BCUT2D eigenvalue weighted by molar-refractivity contribution is -0.219. The molecule has 11 nitrogen and oxygen atoms in total. The van der Waals surface area contributed by atoms with Crippen LogP contribution in [0.2, 0.25) is 0 Å². The number of nitrogens with two attached hydrogens (primary N) is 1. The van der Waals surface area contributed by atoms with E-state index >= 15 is 8.78 Å². The number of ether oxygens (including phenoxy) is 2. The van der Waals surface area contributed by atoms with Gasteiger partial charge in [0.1, 0.15) is 6.61 Å². The third-order valence-electron chi connectivity index (χ3n) is 4.58. The minimum atomic E-state index is -4.13. The average Bonchev–Trinajstić information content (AvgIpc) is 3.14. The Morgan fingerprint density at radius 2 is 2.14 bits per heavy atom. The lowest BCUT2D eigenvalue weighted by atomic mass is 9.97. The van der Waals surface area contributed by atoms with Gasteiger partial charge in [-0.2, -0.15) is 9.97 Å². The summed E-state index contributed by atoms with van der Waals surface area (Å²) < 4.78 is 70.4. The Hall–Kier alpha value is -1.92. The molecule has 2 fully saturated rings. The topological polar surface area (TPSA) is 133 Å². The largest absolute Gasteiger partial charge is 0.476 e. The van der Waals surface area contributed by atoms with Gasteiger partial charge in [-0.3, -0.25) is 18.1 Å². The van der Waals surface area contributed by atoms with E-state index in [2.05, 4.69) is 15.0 Å². The van der Waals surface area contributed by atoms with E-state index in [1.165, 1.54) is 6.33 Å². The van der Waals surface area contributed by atoms with Crippen molar-refractivity contribution in [1.82, 2.24) is 19.5 Å². The molecule has 0 amide bonds. The first-order valence-electron chi connectivity index (χ1n) is 8.89. The van der Waals surface area contributed by atoms with Crippen LogP contribution in [-0.2, 0) is 22.9 Å². The molecule has 0 bridgehead atoms. The molecule has 0 aliphatic carbocycles. The second-order valence-electron chi connectivity index (χ2n) is 6.68. The third kappa shape index (κ3) is 3.17. The molecule has 2 unspecified atom stereocenters. The van der Waals surface area contributed by atoms with Crippen LogP contribution >= 0.6 is 7.82 Å². The van der Waals surface area contributed by atoms with Crippen LogP contribution in [0.5, 0.6) is 5.88 Å². The van der Waals surface area contributed by atoms with Gasteiger partial charge in [0.2, 0.25) is 11.8 Å². The highest BCUT2D eigenvalue weighted by molar-refractivity contribution is 7.48. The third-order valence-corrected chi connectivity index (χ3v) is 6.07. The Balaban J connectivity index is 1.76. The average molecular weight is 435 g/mol. The zero-order valence-electron chi connectivity index (χ0n) is 15.9. The van der Waals surface area contributed by atoms with E-state index in [0.29, 0.717) is 0 Å². The van der Waals surface area contributed by atoms with Crippen LogP contribution in [-0.4, -0.2) is 57.0 Å². The summed E-state index contributed by atoms with van der Waals surface area (Å²) in [4.78, 5) is 12.1. The molecule has 0 aromatic carbocycles. The predicted octanol–water partition coefficient (Wildman–Crippen LogP) is 2.29. The van der Waals surface area contributed by atoms with Crippen molar-refractivity contribution in [3.63, 3.8) is 0 Å². The summed E-state index contributed by atoms with van der Waals surface area (Å²) in [5.74, 6) is -2.76. The molecular formula is C15H20F2N5O6P. The summed E-state index contributed by atoms with van der Waals surface area (Å²) in [6.07, 6.45) is -2.26. The number of aromatic nitrogens is 4. The molecule has 14 heteroatoms. The first-order chi connectivity index (χ1) is 13.6. The van der Waals surface area contributed by atoms with Crippen molar-refractivity contribution in [2.24, 2.45) is 0 Å². The highest BCUT2D eigenvalue weighted by Crippen LogP contribution is 2.63. The van der Waals surface area contributed by atoms with Gasteiger partial charge in [0.05, 0.1) is 19.5 Å². The Labute approximate surface area is 164 Å². The molecule has 0 spiro atoms. The van der Waals surface area contributed by atoms with Gasteiger partial charge in [-0.1, -0.05) is 0 Å². The van der Waals surface area contributed by atoms with Gasteiger partial charge in [-0.25, -0.2) is 18.3 Å². The molecule has 2 aliphatic rings. The van der Waals surface area contributed by atoms with Crippen LogP contribution in [0.25, 0.3) is 11.2 Å². The van der Waals surface area contributed by atoms with Gasteiger partial charge in [0.15, 0.2) is 29.2 Å². The van der Waals surface area contributed by atoms with Gasteiger partial charge >= 0.3 is 7.82 Å². The van der Waals surface area contributed by atoms with Crippen LogP contribution in [0.3, 0.4) is 0 Å². The summed E-state index contributed by atoms with van der Waals surface area (Å²) >= 11 is 0. The molecule has 0 radical (unpaired) electrons. The highest BCUT2D eigenvalue weighted by Gasteiger charge is 2.70. The zero-order valence-corrected chi connectivity index (χ0v) is 16.8. The number of anilines is 1. The summed E-state index contributed by atoms with van der Waals surface area (Å²) in [6.45, 7) is 3.77. The number of alkyl halides is 2. The lowest BCUT2D eigenvalue weighted by Gasteiger charge is -2.36. The van der Waals surface area contributed by atoms with Gasteiger partial charge in [0, 0.05) is 0 Å². The number of nitrogens with zero attached hydrogens (tertiary/aromatic N) is 4. The second-order valence-corrected chi connectivity index (χ2v) is 8.30. The van der Waals surface area contributed by atoms with Crippen molar-refractivity contribution >= 4 is 24.9 Å². The summed E-state index contributed by atoms with van der Waals surface area (Å²) in [7, 11) is -4.13. The normalized spacial score (nSPS) is 37.0. The van der Waals surface area contributed by atoms with Crippen molar-refractivity contribution in [2.75, 3.05) is 25.6 Å². The van der Waals surface area contributed by atoms with Crippen molar-refractivity contribution in [2.45, 2.75) is 44.6 Å². The van der Waals surface area contributed by atoms with E-state index in [1.54, 1.807) is 13.8 Å². The number of nitrogen functional groups attached to an aromatic ring is 1. The number of phosphoric acid groups is 1. The number of hydrogen-bond donors (Lipinski definition) is 1. The zero-order chi connectivity index (χ0) is 21.0. The van der Waals surface area contributed by atoms with Gasteiger partial charge < -0.3 is 15.2 Å². The van der Waals surface area contributed by atoms with Crippen molar-refractivity contribution < 1.29 is 36.4 Å². The number of phosphoric ester groups is 1. The Morgan fingerprint density at radius 3 is 2.83 bits per heavy atom. The predicted molar refractivity (Wildman–Crippen MR) is 94.4 cm³/mol. The quantitative estimate of drug-likeness (QED) is 0.698. The minimum absolute atomic E-state index is 0.0286. The standard InChI is InChI=1S/C15H20F2N5O6P/c1-4-24-10-8-9(20-13(18)21-10)22(7-19-8)12-14(3,16)11-15(17,27-12)6-26-29(23,28-11)25-5-2/h7,11-12H,4-6H2,1-3H3,(H2,18,20,21)/t11?,12-,14-,15-,29?/m1/s1. The lowest BCUT2D eigenvalue weighted by Crippen LogP contribution is -2.50. The van der Waals surface area contributed by atoms with E-state index in [9.17, 15) is 4.57 Å². The second kappa shape index (κ2) is 6.81. The SMILES string of the molecule is CCOc1nc(N)nc2c1ncn2[C@@H]1O[C@]2(F)COP(=O)(OCC)OC2[C@@]1(C)F. The maximum Gasteiger partial charge on any atom is 0.475 e. The molecule has 2 N–H and O–H groups in total. The fourth-order valence-corrected chi connectivity index (χ4v) is 4.87. The minimum Gasteiger partial charge on any atom is -0.476 e. The first-order valence-corrected chi connectivity index (χ1v) is 10.4. The van der Waals surface area contributed by atoms with Crippen LogP contribution < -0.4 is 10.5 Å². The van der Waals surface area contributed by atoms with Gasteiger partial charge in [0.25, 0.3) is 5.85 Å². The molecule has 2 aromatic rings. The molecule has 4 rings (SSSR count).